The summed E-state index contributed by atoms with van der Waals surface area (Å²) in [5, 5.41) is 10.7. The maximum Gasteiger partial charge on any atom is 0.338 e. The summed E-state index contributed by atoms with van der Waals surface area (Å²) in [6.07, 6.45) is 5.68. The summed E-state index contributed by atoms with van der Waals surface area (Å²) in [4.78, 5) is 10.9. The van der Waals surface area contributed by atoms with E-state index in [1.165, 1.54) is 0 Å². The Bertz CT molecular complexity index is 364. The highest BCUT2D eigenvalue weighted by Gasteiger charge is 2.20. The van der Waals surface area contributed by atoms with E-state index < -0.39 is 5.97 Å². The van der Waals surface area contributed by atoms with Crippen molar-refractivity contribution < 1.29 is 9.90 Å². The normalized spacial score (nSPS) is 25.5. The van der Waals surface area contributed by atoms with Crippen LogP contribution in [0.2, 0.25) is 0 Å². The fourth-order valence-electron chi connectivity index (χ4n) is 1.06. The zero-order valence-electron chi connectivity index (χ0n) is 8.57. The number of rotatable bonds is 1. The van der Waals surface area contributed by atoms with Crippen LogP contribution in [0.15, 0.2) is 23.4 Å². The summed E-state index contributed by atoms with van der Waals surface area (Å²) in [5.74, 6) is -0.954. The molecule has 3 N–H and O–H groups in total. The predicted octanol–water partition coefficient (Wildman–Crippen LogP) is 1.33. The molecule has 0 aromatic heterocycles. The third-order valence-corrected chi connectivity index (χ3v) is 4.72. The minimum absolute atomic E-state index is 0.0260. The molecule has 0 fully saturated rings. The molecule has 0 radical (unpaired) electrons. The van der Waals surface area contributed by atoms with Crippen molar-refractivity contribution in [3.05, 3.63) is 23.4 Å². The number of carboxylic acid groups (broad SMARTS) is 1. The van der Waals surface area contributed by atoms with Gasteiger partial charge in [-0.25, -0.2) is 4.79 Å². The van der Waals surface area contributed by atoms with Gasteiger partial charge in [0.2, 0.25) is 0 Å². The van der Waals surface area contributed by atoms with Crippen molar-refractivity contribution in [3.8, 4) is 0 Å². The summed E-state index contributed by atoms with van der Waals surface area (Å²) < 4.78 is -0.0260. The van der Waals surface area contributed by atoms with Gasteiger partial charge in [-0.15, -0.1) is 0 Å². The number of aliphatic carboxylic acids is 1. The lowest BCUT2D eigenvalue weighted by atomic mass is 10.1. The summed E-state index contributed by atoms with van der Waals surface area (Å²) in [6, 6.07) is 0. The first-order valence-corrected chi connectivity index (χ1v) is 5.96. The first-order chi connectivity index (χ1) is 6.34. The highest BCUT2D eigenvalue weighted by atomic mass is 32.2. The first-order valence-electron chi connectivity index (χ1n) is 4.26. The minimum atomic E-state index is -0.954. The maximum atomic E-state index is 10.9. The summed E-state index contributed by atoms with van der Waals surface area (Å²) in [5.41, 5.74) is 6.20. The molecule has 1 atom stereocenters. The molecule has 0 saturated heterocycles. The van der Waals surface area contributed by atoms with Crippen LogP contribution in [0, 0.1) is 0 Å². The number of hydrogen-bond acceptors (Lipinski definition) is 2. The zero-order valence-corrected chi connectivity index (χ0v) is 9.39. The van der Waals surface area contributed by atoms with Crippen LogP contribution < -0.4 is 5.73 Å². The molecule has 0 saturated carbocycles. The molecule has 0 aromatic rings. The number of hydrogen-bond donors (Lipinski definition) is 2. The lowest BCUT2D eigenvalue weighted by Gasteiger charge is -2.21. The quantitative estimate of drug-likeness (QED) is 0.646. The van der Waals surface area contributed by atoms with Crippen molar-refractivity contribution >= 4 is 21.8 Å². The van der Waals surface area contributed by atoms with Gasteiger partial charge in [0.1, 0.15) is 0 Å². The third kappa shape index (κ3) is 2.07. The van der Waals surface area contributed by atoms with Crippen molar-refractivity contribution in [3.63, 3.8) is 0 Å². The second-order valence-corrected chi connectivity index (χ2v) is 6.19. The van der Waals surface area contributed by atoms with Crippen LogP contribution in [0.1, 0.15) is 13.8 Å². The maximum absolute atomic E-state index is 10.9. The number of carbonyl (C=O) groups is 1. The van der Waals surface area contributed by atoms with Crippen molar-refractivity contribution in [1.82, 2.24) is 0 Å². The standard InChI is InChI=1S/C10H15NO2S/c1-10(2)5-4-8(11)7(9(12)13)6-14(10)3/h4-6H,11H2,1-3H3,(H,12,13). The van der Waals surface area contributed by atoms with Gasteiger partial charge in [0.05, 0.1) is 5.57 Å². The van der Waals surface area contributed by atoms with Crippen LogP contribution in [0.3, 0.4) is 0 Å². The van der Waals surface area contributed by atoms with E-state index in [0.29, 0.717) is 5.70 Å². The van der Waals surface area contributed by atoms with E-state index in [4.69, 9.17) is 10.8 Å². The topological polar surface area (TPSA) is 63.3 Å². The van der Waals surface area contributed by atoms with Gasteiger partial charge in [0, 0.05) is 10.4 Å². The third-order valence-electron chi connectivity index (χ3n) is 2.33. The Morgan fingerprint density at radius 3 is 2.64 bits per heavy atom. The monoisotopic (exact) mass is 213 g/mol. The number of allylic oxidation sites excluding steroid dienone is 1. The highest BCUT2D eigenvalue weighted by molar-refractivity contribution is 8.16. The van der Waals surface area contributed by atoms with Crippen molar-refractivity contribution in [1.29, 1.82) is 0 Å². The number of nitrogens with two attached hydrogens (primary N) is 1. The summed E-state index contributed by atoms with van der Waals surface area (Å²) in [6.45, 7) is 4.14. The van der Waals surface area contributed by atoms with E-state index in [-0.39, 0.29) is 20.8 Å². The molecule has 0 aromatic carbocycles. The lowest BCUT2D eigenvalue weighted by molar-refractivity contribution is -0.132. The Kier molecular flexibility index (Phi) is 2.85. The van der Waals surface area contributed by atoms with E-state index in [9.17, 15) is 4.79 Å². The Labute approximate surface area is 86.2 Å². The second kappa shape index (κ2) is 3.61. The van der Waals surface area contributed by atoms with E-state index in [1.807, 2.05) is 12.3 Å². The predicted molar refractivity (Wildman–Crippen MR) is 61.6 cm³/mol. The molecule has 1 aliphatic heterocycles. The van der Waals surface area contributed by atoms with Gasteiger partial charge < -0.3 is 10.8 Å². The van der Waals surface area contributed by atoms with Gasteiger partial charge in [-0.3, -0.25) is 0 Å². The molecule has 0 bridgehead atoms. The fourth-order valence-corrected chi connectivity index (χ4v) is 2.24. The Morgan fingerprint density at radius 1 is 1.57 bits per heavy atom. The average Bonchev–Trinajstić information content (AvgIpc) is 2.17. The molecule has 14 heavy (non-hydrogen) atoms. The van der Waals surface area contributed by atoms with Crippen LogP contribution in [0.4, 0.5) is 0 Å². The average molecular weight is 213 g/mol. The zero-order chi connectivity index (χ0) is 10.9. The molecule has 4 heteroatoms. The summed E-state index contributed by atoms with van der Waals surface area (Å²) >= 11 is 0. The fraction of sp³-hybridized carbons (Fsp3) is 0.400. The van der Waals surface area contributed by atoms with E-state index >= 15 is 0 Å². The van der Waals surface area contributed by atoms with Gasteiger partial charge in [-0.2, -0.15) is 10.5 Å². The van der Waals surface area contributed by atoms with Crippen LogP contribution in [-0.2, 0) is 4.79 Å². The molecule has 1 unspecified atom stereocenters. The van der Waals surface area contributed by atoms with Crippen LogP contribution >= 0.6 is 10.5 Å². The minimum Gasteiger partial charge on any atom is -0.478 e. The molecule has 1 heterocycles. The first kappa shape index (κ1) is 11.0. The summed E-state index contributed by atoms with van der Waals surface area (Å²) in [7, 11) is -0.120. The van der Waals surface area contributed by atoms with Gasteiger partial charge in [0.25, 0.3) is 0 Å². The molecule has 1 rings (SSSR count). The smallest absolute Gasteiger partial charge is 0.338 e. The molecule has 0 amide bonds. The molecule has 1 aliphatic rings. The Balaban J connectivity index is 3.28. The van der Waals surface area contributed by atoms with Crippen LogP contribution in [-0.4, -0.2) is 27.4 Å². The molecule has 3 nitrogen and oxygen atoms in total. The van der Waals surface area contributed by atoms with E-state index in [2.05, 4.69) is 13.8 Å². The van der Waals surface area contributed by atoms with Crippen LogP contribution in [0.25, 0.3) is 0 Å². The van der Waals surface area contributed by atoms with Gasteiger partial charge in [-0.05, 0) is 31.5 Å². The van der Waals surface area contributed by atoms with Crippen molar-refractivity contribution in [2.45, 2.75) is 18.6 Å². The largest absolute Gasteiger partial charge is 0.478 e. The molecule has 0 aliphatic carbocycles. The van der Waals surface area contributed by atoms with Gasteiger partial charge >= 0.3 is 5.97 Å². The van der Waals surface area contributed by atoms with Gasteiger partial charge in [-0.1, -0.05) is 6.08 Å². The highest BCUT2D eigenvalue weighted by Crippen LogP contribution is 2.32. The second-order valence-electron chi connectivity index (χ2n) is 3.79. The molecule has 78 valence electrons. The molecular weight excluding hydrogens is 198 g/mol. The number of carboxylic acids is 1. The van der Waals surface area contributed by atoms with Crippen LogP contribution in [0.5, 0.6) is 0 Å². The van der Waals surface area contributed by atoms with Crippen molar-refractivity contribution in [2.24, 2.45) is 5.73 Å². The van der Waals surface area contributed by atoms with Crippen molar-refractivity contribution in [2.75, 3.05) is 6.26 Å². The molecular formula is C10H15NO2S. The van der Waals surface area contributed by atoms with E-state index in [1.54, 1.807) is 11.4 Å². The van der Waals surface area contributed by atoms with E-state index in [0.717, 1.165) is 0 Å². The Morgan fingerprint density at radius 2 is 2.14 bits per heavy atom. The Hall–Kier alpha value is -1.03. The lowest BCUT2D eigenvalue weighted by Crippen LogP contribution is -2.13. The van der Waals surface area contributed by atoms with Gasteiger partial charge in [0.15, 0.2) is 0 Å². The SMILES string of the molecule is CS1=CC(C(=O)O)=C(N)C=CC1(C)C. The molecule has 0 spiro atoms.